The largest absolute Gasteiger partial charge is 0.497 e. The van der Waals surface area contributed by atoms with Gasteiger partial charge in [0.05, 0.1) is 7.11 Å². The molecule has 27 heavy (non-hydrogen) atoms. The monoisotopic (exact) mass is 370 g/mol. The Hall–Kier alpha value is -2.40. The van der Waals surface area contributed by atoms with E-state index < -0.39 is 0 Å². The van der Waals surface area contributed by atoms with Crippen LogP contribution < -0.4 is 4.74 Å². The lowest BCUT2D eigenvalue weighted by Crippen LogP contribution is -2.41. The van der Waals surface area contributed by atoms with Crippen molar-refractivity contribution in [1.29, 1.82) is 0 Å². The van der Waals surface area contributed by atoms with Crippen molar-refractivity contribution in [2.45, 2.75) is 25.9 Å². The van der Waals surface area contributed by atoms with Gasteiger partial charge in [-0.05, 0) is 68.4 Å². The Morgan fingerprint density at radius 2 is 1.56 bits per heavy atom. The Morgan fingerprint density at radius 1 is 1.04 bits per heavy atom. The minimum Gasteiger partial charge on any atom is -0.497 e. The summed E-state index contributed by atoms with van der Waals surface area (Å²) in [6, 6.07) is 14.2. The molecule has 0 bridgehead atoms. The predicted octanol–water partition coefficient (Wildman–Crippen LogP) is 3.70. The van der Waals surface area contributed by atoms with Gasteiger partial charge >= 0.3 is 0 Å². The van der Waals surface area contributed by atoms with Crippen LogP contribution in [0, 0.1) is 11.7 Å². The summed E-state index contributed by atoms with van der Waals surface area (Å²) in [4.78, 5) is 17.4. The number of ether oxygens (including phenoxy) is 1. The molecular formula is C22H27FN2O2. The number of carbonyl (C=O) groups is 1. The molecule has 0 N–H and O–H groups in total. The molecule has 0 aliphatic carbocycles. The average Bonchev–Trinajstić information content (AvgIpc) is 2.70. The van der Waals surface area contributed by atoms with E-state index in [4.69, 9.17) is 4.74 Å². The van der Waals surface area contributed by atoms with Crippen LogP contribution in [0.5, 0.6) is 5.75 Å². The summed E-state index contributed by atoms with van der Waals surface area (Å²) in [5, 5.41) is 0. The molecule has 1 saturated heterocycles. The van der Waals surface area contributed by atoms with Crippen molar-refractivity contribution >= 4 is 5.91 Å². The molecule has 0 saturated carbocycles. The maximum absolute atomic E-state index is 13.2. The molecule has 5 heteroatoms. The fourth-order valence-electron chi connectivity index (χ4n) is 3.49. The van der Waals surface area contributed by atoms with Crippen LogP contribution in [0.2, 0.25) is 0 Å². The van der Waals surface area contributed by atoms with Gasteiger partial charge in [-0.2, -0.15) is 0 Å². The van der Waals surface area contributed by atoms with E-state index in [1.54, 1.807) is 19.2 Å². The third kappa shape index (κ3) is 5.30. The van der Waals surface area contributed by atoms with Gasteiger partial charge in [0.2, 0.25) is 5.91 Å². The quantitative estimate of drug-likeness (QED) is 0.777. The first-order valence-electron chi connectivity index (χ1n) is 9.40. The maximum Gasteiger partial charge on any atom is 0.226 e. The third-order valence-corrected chi connectivity index (χ3v) is 5.20. The second kappa shape index (κ2) is 9.00. The van der Waals surface area contributed by atoms with Gasteiger partial charge < -0.3 is 14.5 Å². The first-order chi connectivity index (χ1) is 13.0. The smallest absolute Gasteiger partial charge is 0.226 e. The number of likely N-dealkylation sites (tertiary alicyclic amines) is 1. The summed E-state index contributed by atoms with van der Waals surface area (Å²) in [5.74, 6) is 0.774. The van der Waals surface area contributed by atoms with Gasteiger partial charge in [0, 0.05) is 19.0 Å². The number of hydrogen-bond donors (Lipinski definition) is 0. The summed E-state index contributed by atoms with van der Waals surface area (Å²) in [7, 11) is 3.73. The first-order valence-corrected chi connectivity index (χ1v) is 9.40. The normalized spacial score (nSPS) is 15.5. The molecule has 3 rings (SSSR count). The first kappa shape index (κ1) is 19.4. The summed E-state index contributed by atoms with van der Waals surface area (Å²) in [6.45, 7) is 2.91. The lowest BCUT2D eigenvalue weighted by Gasteiger charge is -2.32. The molecule has 1 amide bonds. The Morgan fingerprint density at radius 3 is 2.07 bits per heavy atom. The summed E-state index contributed by atoms with van der Waals surface area (Å²) in [6.07, 6.45) is 1.77. The van der Waals surface area contributed by atoms with Gasteiger partial charge in [-0.1, -0.05) is 24.3 Å². The number of carbonyl (C=O) groups excluding carboxylic acids is 1. The molecule has 1 aliphatic rings. The number of hydrogen-bond acceptors (Lipinski definition) is 3. The zero-order valence-corrected chi connectivity index (χ0v) is 16.0. The van der Waals surface area contributed by atoms with Crippen LogP contribution in [-0.2, 0) is 17.9 Å². The molecule has 144 valence electrons. The zero-order chi connectivity index (χ0) is 19.2. The topological polar surface area (TPSA) is 32.8 Å². The molecule has 1 fully saturated rings. The molecule has 0 radical (unpaired) electrons. The molecule has 0 atom stereocenters. The maximum atomic E-state index is 13.2. The van der Waals surface area contributed by atoms with Crippen molar-refractivity contribution in [2.75, 3.05) is 27.2 Å². The Labute approximate surface area is 160 Å². The highest BCUT2D eigenvalue weighted by Gasteiger charge is 2.27. The molecule has 2 aromatic rings. The summed E-state index contributed by atoms with van der Waals surface area (Å²) < 4.78 is 18.4. The van der Waals surface area contributed by atoms with E-state index in [1.807, 2.05) is 29.2 Å². The van der Waals surface area contributed by atoms with E-state index in [-0.39, 0.29) is 17.6 Å². The second-order valence-electron chi connectivity index (χ2n) is 7.25. The summed E-state index contributed by atoms with van der Waals surface area (Å²) in [5.41, 5.74) is 1.99. The van der Waals surface area contributed by atoms with Crippen molar-refractivity contribution in [1.82, 2.24) is 9.80 Å². The second-order valence-corrected chi connectivity index (χ2v) is 7.25. The molecule has 0 unspecified atom stereocenters. The highest BCUT2D eigenvalue weighted by atomic mass is 19.1. The van der Waals surface area contributed by atoms with Gasteiger partial charge in [0.1, 0.15) is 11.6 Å². The van der Waals surface area contributed by atoms with Gasteiger partial charge in [-0.15, -0.1) is 0 Å². The molecule has 0 spiro atoms. The minimum absolute atomic E-state index is 0.0555. The number of nitrogens with zero attached hydrogens (tertiary/aromatic N) is 2. The summed E-state index contributed by atoms with van der Waals surface area (Å²) >= 11 is 0. The molecule has 4 nitrogen and oxygen atoms in total. The van der Waals surface area contributed by atoms with Crippen molar-refractivity contribution in [3.63, 3.8) is 0 Å². The van der Waals surface area contributed by atoms with Gasteiger partial charge in [0.15, 0.2) is 0 Å². The standard InChI is InChI=1S/C22H27FN2O2/c1-24-13-11-19(12-14-24)22(26)25(15-17-3-7-20(23)8-4-17)16-18-5-9-21(27-2)10-6-18/h3-10,19H,11-16H2,1-2H3. The van der Waals surface area contributed by atoms with E-state index in [0.717, 1.165) is 42.8 Å². The number of piperidine rings is 1. The van der Waals surface area contributed by atoms with E-state index >= 15 is 0 Å². The minimum atomic E-state index is -0.262. The molecule has 2 aromatic carbocycles. The van der Waals surface area contributed by atoms with E-state index in [2.05, 4.69) is 11.9 Å². The van der Waals surface area contributed by atoms with Crippen molar-refractivity contribution in [3.05, 3.63) is 65.5 Å². The molecule has 0 aromatic heterocycles. The fraction of sp³-hybridized carbons (Fsp3) is 0.409. The third-order valence-electron chi connectivity index (χ3n) is 5.20. The van der Waals surface area contributed by atoms with Gasteiger partial charge in [-0.25, -0.2) is 4.39 Å². The Balaban J connectivity index is 1.76. The fourth-order valence-corrected chi connectivity index (χ4v) is 3.49. The van der Waals surface area contributed by atoms with Crippen LogP contribution in [0.25, 0.3) is 0 Å². The van der Waals surface area contributed by atoms with Crippen molar-refractivity contribution in [2.24, 2.45) is 5.92 Å². The van der Waals surface area contributed by atoms with Crippen molar-refractivity contribution < 1.29 is 13.9 Å². The lowest BCUT2D eigenvalue weighted by atomic mass is 9.95. The number of methoxy groups -OCH3 is 1. The van der Waals surface area contributed by atoms with Gasteiger partial charge in [-0.3, -0.25) is 4.79 Å². The van der Waals surface area contributed by atoms with Crippen molar-refractivity contribution in [3.8, 4) is 5.75 Å². The number of benzene rings is 2. The Kier molecular flexibility index (Phi) is 6.45. The number of halogens is 1. The average molecular weight is 370 g/mol. The zero-order valence-electron chi connectivity index (χ0n) is 16.0. The molecule has 1 aliphatic heterocycles. The van der Waals surface area contributed by atoms with E-state index in [9.17, 15) is 9.18 Å². The van der Waals surface area contributed by atoms with Crippen LogP contribution in [0.1, 0.15) is 24.0 Å². The van der Waals surface area contributed by atoms with E-state index in [1.165, 1.54) is 12.1 Å². The SMILES string of the molecule is COc1ccc(CN(Cc2ccc(F)cc2)C(=O)C2CCN(C)CC2)cc1. The molecule has 1 heterocycles. The van der Waals surface area contributed by atoms with E-state index in [0.29, 0.717) is 13.1 Å². The van der Waals surface area contributed by atoms with Crippen LogP contribution in [0.4, 0.5) is 4.39 Å². The van der Waals surface area contributed by atoms with Crippen LogP contribution >= 0.6 is 0 Å². The lowest BCUT2D eigenvalue weighted by molar-refractivity contribution is -0.138. The van der Waals surface area contributed by atoms with Crippen LogP contribution in [0.3, 0.4) is 0 Å². The number of rotatable bonds is 6. The van der Waals surface area contributed by atoms with Gasteiger partial charge in [0.25, 0.3) is 0 Å². The highest BCUT2D eigenvalue weighted by molar-refractivity contribution is 5.79. The van der Waals surface area contributed by atoms with Crippen LogP contribution in [0.15, 0.2) is 48.5 Å². The van der Waals surface area contributed by atoms with Crippen LogP contribution in [-0.4, -0.2) is 43.0 Å². The molecular weight excluding hydrogens is 343 g/mol. The Bertz CT molecular complexity index is 738. The number of amides is 1. The highest BCUT2D eigenvalue weighted by Crippen LogP contribution is 2.22. The predicted molar refractivity (Wildman–Crippen MR) is 104 cm³/mol.